The number of amides is 1. The first-order valence-electron chi connectivity index (χ1n) is 9.03. The van der Waals surface area contributed by atoms with Crippen molar-refractivity contribution in [2.24, 2.45) is 10.7 Å². The third-order valence-corrected chi connectivity index (χ3v) is 8.44. The SMILES string of the molecule is CC[C@@H]1[C@](C)(c2nc(NC(=O)c3ccc(OC(F)F)cn3)cs2)N=C(N)N(C)S1(O)O. The Morgan fingerprint density at radius 2 is 2.19 bits per heavy atom. The zero-order chi connectivity index (χ0) is 23.0. The number of nitrogens with one attached hydrogen (secondary N) is 1. The van der Waals surface area contributed by atoms with E-state index in [-0.39, 0.29) is 23.2 Å². The van der Waals surface area contributed by atoms with E-state index in [1.807, 2.05) is 6.92 Å². The van der Waals surface area contributed by atoms with Gasteiger partial charge in [0.15, 0.2) is 0 Å². The minimum absolute atomic E-state index is 0.0236. The fourth-order valence-corrected chi connectivity index (χ4v) is 6.17. The number of hydrogen-bond acceptors (Lipinski definition) is 10. The second kappa shape index (κ2) is 8.53. The summed E-state index contributed by atoms with van der Waals surface area (Å²) in [4.78, 5) is 25.1. The molecule has 0 bridgehead atoms. The van der Waals surface area contributed by atoms with Crippen LogP contribution < -0.4 is 15.8 Å². The predicted octanol–water partition coefficient (Wildman–Crippen LogP) is 3.31. The smallest absolute Gasteiger partial charge is 0.387 e. The predicted molar refractivity (Wildman–Crippen MR) is 115 cm³/mol. The molecule has 1 amide bonds. The van der Waals surface area contributed by atoms with Crippen LogP contribution in [0.4, 0.5) is 14.6 Å². The summed E-state index contributed by atoms with van der Waals surface area (Å²) in [6, 6.07) is 2.44. The molecule has 0 aliphatic carbocycles. The van der Waals surface area contributed by atoms with Crippen LogP contribution in [0.5, 0.6) is 5.75 Å². The summed E-state index contributed by atoms with van der Waals surface area (Å²) >= 11 is 1.18. The highest BCUT2D eigenvalue weighted by atomic mass is 32.3. The van der Waals surface area contributed by atoms with E-state index in [1.165, 1.54) is 34.8 Å². The molecule has 0 fully saturated rings. The highest BCUT2D eigenvalue weighted by Crippen LogP contribution is 2.59. The van der Waals surface area contributed by atoms with Gasteiger partial charge < -0.3 is 15.8 Å². The van der Waals surface area contributed by atoms with Gasteiger partial charge in [-0.15, -0.1) is 22.1 Å². The number of aromatic nitrogens is 2. The van der Waals surface area contributed by atoms with Crippen LogP contribution in [0.15, 0.2) is 28.7 Å². The number of ether oxygens (including phenoxy) is 1. The molecule has 14 heteroatoms. The van der Waals surface area contributed by atoms with Crippen molar-refractivity contribution in [3.8, 4) is 5.75 Å². The molecular formula is C17H22F2N6O4S2. The molecule has 1 aliphatic heterocycles. The van der Waals surface area contributed by atoms with E-state index < -0.39 is 34.1 Å². The molecule has 3 rings (SSSR count). The molecule has 3 heterocycles. The van der Waals surface area contributed by atoms with Crippen LogP contribution in [-0.2, 0) is 5.54 Å². The zero-order valence-corrected chi connectivity index (χ0v) is 18.5. The van der Waals surface area contributed by atoms with E-state index >= 15 is 0 Å². The van der Waals surface area contributed by atoms with Gasteiger partial charge in [-0.2, -0.15) is 8.78 Å². The number of aliphatic imine (C=N–C) groups is 1. The Bertz CT molecular complexity index is 987. The van der Waals surface area contributed by atoms with E-state index in [9.17, 15) is 22.7 Å². The van der Waals surface area contributed by atoms with E-state index in [0.29, 0.717) is 11.4 Å². The number of thiazole rings is 1. The fourth-order valence-electron chi connectivity index (χ4n) is 3.25. The molecule has 170 valence electrons. The standard InChI is InChI=1S/C17H22F2N6O4S2/c1-4-11-17(2,24-16(20)25(3)31(11,27)28)14-23-12(8-30-14)22-13(26)10-6-5-9(7-21-10)29-15(18)19/h5-8,11,15,27-28H,4H2,1-3H3,(H2,20,24)(H,22,26)/t11-,17-/m1/s1. The van der Waals surface area contributed by atoms with Crippen LogP contribution in [0, 0.1) is 0 Å². The van der Waals surface area contributed by atoms with E-state index in [2.05, 4.69) is 25.0 Å². The maximum absolute atomic E-state index is 12.4. The Balaban J connectivity index is 1.81. The molecule has 0 aromatic carbocycles. The number of nitrogens with two attached hydrogens (primary N) is 1. The number of carbonyl (C=O) groups is 1. The Morgan fingerprint density at radius 3 is 2.77 bits per heavy atom. The number of carbonyl (C=O) groups excluding carboxylic acids is 1. The van der Waals surface area contributed by atoms with E-state index in [4.69, 9.17) is 5.73 Å². The molecule has 0 saturated heterocycles. The lowest BCUT2D eigenvalue weighted by Gasteiger charge is -2.54. The molecule has 2 aromatic rings. The van der Waals surface area contributed by atoms with Gasteiger partial charge >= 0.3 is 6.61 Å². The maximum atomic E-state index is 12.4. The lowest BCUT2D eigenvalue weighted by molar-refractivity contribution is -0.0500. The van der Waals surface area contributed by atoms with E-state index in [1.54, 1.807) is 12.3 Å². The monoisotopic (exact) mass is 476 g/mol. The Morgan fingerprint density at radius 1 is 1.48 bits per heavy atom. The third-order valence-electron chi connectivity index (χ3n) is 4.82. The Hall–Kier alpha value is -2.55. The fraction of sp³-hybridized carbons (Fsp3) is 0.412. The maximum Gasteiger partial charge on any atom is 0.387 e. The summed E-state index contributed by atoms with van der Waals surface area (Å²) < 4.78 is 51.2. The average molecular weight is 477 g/mol. The van der Waals surface area contributed by atoms with Gasteiger partial charge in [0.25, 0.3) is 5.91 Å². The van der Waals surface area contributed by atoms with Crippen molar-refractivity contribution < 1.29 is 27.4 Å². The van der Waals surface area contributed by atoms with Gasteiger partial charge in [0.2, 0.25) is 5.96 Å². The topological polar surface area (TPSA) is 146 Å². The molecular weight excluding hydrogens is 454 g/mol. The number of hydrogen-bond donors (Lipinski definition) is 4. The quantitative estimate of drug-likeness (QED) is 0.497. The molecule has 5 N–H and O–H groups in total. The third kappa shape index (κ3) is 4.42. The second-order valence-electron chi connectivity index (χ2n) is 6.82. The second-order valence-corrected chi connectivity index (χ2v) is 9.92. The summed E-state index contributed by atoms with van der Waals surface area (Å²) in [6.45, 7) is 0.534. The molecule has 0 unspecified atom stereocenters. The lowest BCUT2D eigenvalue weighted by atomic mass is 9.97. The number of rotatable bonds is 6. The number of guanidine groups is 1. The number of pyridine rings is 1. The molecule has 10 nitrogen and oxygen atoms in total. The summed E-state index contributed by atoms with van der Waals surface area (Å²) in [5.74, 6) is -0.589. The van der Waals surface area contributed by atoms with Crippen LogP contribution in [0.3, 0.4) is 0 Å². The summed E-state index contributed by atoms with van der Waals surface area (Å²) in [7, 11) is -1.78. The Labute approximate surface area is 182 Å². The zero-order valence-electron chi connectivity index (χ0n) is 16.8. The van der Waals surface area contributed by atoms with E-state index in [0.717, 1.165) is 6.20 Å². The Kier molecular flexibility index (Phi) is 6.36. The number of alkyl halides is 2. The van der Waals surface area contributed by atoms with Crippen molar-refractivity contribution in [2.45, 2.75) is 37.7 Å². The van der Waals surface area contributed by atoms with Gasteiger partial charge in [-0.1, -0.05) is 6.92 Å². The first-order chi connectivity index (χ1) is 14.5. The van der Waals surface area contributed by atoms with Crippen LogP contribution >= 0.6 is 22.1 Å². The number of nitrogens with zero attached hydrogens (tertiary/aromatic N) is 4. The van der Waals surface area contributed by atoms with Crippen molar-refractivity contribution in [2.75, 3.05) is 12.4 Å². The van der Waals surface area contributed by atoms with Crippen molar-refractivity contribution in [3.63, 3.8) is 0 Å². The minimum atomic E-state index is -3.25. The van der Waals surface area contributed by atoms with Crippen LogP contribution in [0.1, 0.15) is 35.8 Å². The van der Waals surface area contributed by atoms with Gasteiger partial charge in [-0.25, -0.2) is 19.3 Å². The van der Waals surface area contributed by atoms with Crippen molar-refractivity contribution in [3.05, 3.63) is 34.4 Å². The summed E-state index contributed by atoms with van der Waals surface area (Å²) in [6.07, 6.45) is 1.42. The first kappa shape index (κ1) is 23.1. The number of anilines is 1. The largest absolute Gasteiger partial charge is 0.433 e. The first-order valence-corrected chi connectivity index (χ1v) is 11.5. The molecule has 2 aromatic heterocycles. The highest BCUT2D eigenvalue weighted by Gasteiger charge is 2.50. The lowest BCUT2D eigenvalue weighted by Crippen LogP contribution is -2.53. The summed E-state index contributed by atoms with van der Waals surface area (Å²) in [5.41, 5.74) is 4.78. The minimum Gasteiger partial charge on any atom is -0.433 e. The van der Waals surface area contributed by atoms with Gasteiger partial charge in [-0.3, -0.25) is 13.9 Å². The average Bonchev–Trinajstić information content (AvgIpc) is 3.16. The van der Waals surface area contributed by atoms with Crippen molar-refractivity contribution in [1.29, 1.82) is 0 Å². The van der Waals surface area contributed by atoms with Gasteiger partial charge in [0, 0.05) is 12.4 Å². The normalized spacial score (nSPS) is 23.9. The molecule has 1 aliphatic rings. The van der Waals surface area contributed by atoms with Gasteiger partial charge in [0.1, 0.15) is 33.1 Å². The van der Waals surface area contributed by atoms with Gasteiger partial charge in [0.05, 0.1) is 6.20 Å². The van der Waals surface area contributed by atoms with Crippen molar-refractivity contribution >= 4 is 39.8 Å². The van der Waals surface area contributed by atoms with Crippen LogP contribution in [0.2, 0.25) is 0 Å². The molecule has 0 saturated carbocycles. The van der Waals surface area contributed by atoms with Crippen molar-refractivity contribution in [1.82, 2.24) is 14.3 Å². The molecule has 0 radical (unpaired) electrons. The van der Waals surface area contributed by atoms with Gasteiger partial charge in [-0.05, 0) is 25.5 Å². The number of halogens is 2. The van der Waals surface area contributed by atoms with Crippen LogP contribution in [-0.4, -0.2) is 54.2 Å². The highest BCUT2D eigenvalue weighted by molar-refractivity contribution is 8.23. The molecule has 31 heavy (non-hydrogen) atoms. The van der Waals surface area contributed by atoms with Crippen LogP contribution in [0.25, 0.3) is 0 Å². The molecule has 0 spiro atoms. The molecule has 2 atom stereocenters. The summed E-state index contributed by atoms with van der Waals surface area (Å²) in [5, 5.41) is 3.92.